The first-order valence-corrected chi connectivity index (χ1v) is 8.48. The SMILES string of the molecule is O=C(OCCCOC/C=C/C(Cl)CCl)c1cc(Cl)c(O)c(Cl)c1. The van der Waals surface area contributed by atoms with E-state index in [-0.39, 0.29) is 33.3 Å². The number of rotatable bonds is 9. The molecule has 1 aromatic carbocycles. The van der Waals surface area contributed by atoms with Crippen LogP contribution in [-0.2, 0) is 9.47 Å². The number of carbonyl (C=O) groups excluding carboxylic acids is 1. The van der Waals surface area contributed by atoms with Crippen LogP contribution in [0.1, 0.15) is 16.8 Å². The number of phenols is 1. The number of esters is 1. The van der Waals surface area contributed by atoms with Gasteiger partial charge in [-0.15, -0.1) is 23.2 Å². The largest absolute Gasteiger partial charge is 0.505 e. The zero-order chi connectivity index (χ0) is 17.2. The van der Waals surface area contributed by atoms with Gasteiger partial charge in [-0.1, -0.05) is 35.4 Å². The minimum absolute atomic E-state index is 0.00545. The minimum Gasteiger partial charge on any atom is -0.505 e. The average molecular weight is 402 g/mol. The van der Waals surface area contributed by atoms with Crippen LogP contribution >= 0.6 is 46.4 Å². The van der Waals surface area contributed by atoms with E-state index >= 15 is 0 Å². The fourth-order valence-corrected chi connectivity index (χ4v) is 2.19. The van der Waals surface area contributed by atoms with E-state index in [0.29, 0.717) is 25.5 Å². The summed E-state index contributed by atoms with van der Waals surface area (Å²) in [4.78, 5) is 11.8. The van der Waals surface area contributed by atoms with E-state index < -0.39 is 5.97 Å². The van der Waals surface area contributed by atoms with Gasteiger partial charge in [-0.05, 0) is 12.1 Å². The molecule has 1 rings (SSSR count). The molecule has 1 atom stereocenters. The Morgan fingerprint density at radius 2 is 1.91 bits per heavy atom. The summed E-state index contributed by atoms with van der Waals surface area (Å²) >= 11 is 22.8. The zero-order valence-electron chi connectivity index (χ0n) is 12.1. The summed E-state index contributed by atoms with van der Waals surface area (Å²) < 4.78 is 10.4. The minimum atomic E-state index is -0.569. The lowest BCUT2D eigenvalue weighted by atomic mass is 10.2. The van der Waals surface area contributed by atoms with Gasteiger partial charge in [-0.3, -0.25) is 0 Å². The maximum atomic E-state index is 11.8. The van der Waals surface area contributed by atoms with Gasteiger partial charge in [-0.25, -0.2) is 4.79 Å². The monoisotopic (exact) mass is 400 g/mol. The van der Waals surface area contributed by atoms with Crippen molar-refractivity contribution in [2.45, 2.75) is 11.8 Å². The van der Waals surface area contributed by atoms with Crippen LogP contribution in [0.25, 0.3) is 0 Å². The number of alkyl halides is 2. The van der Waals surface area contributed by atoms with Gasteiger partial charge in [0.05, 0.1) is 40.8 Å². The molecule has 0 heterocycles. The van der Waals surface area contributed by atoms with Crippen LogP contribution in [0, 0.1) is 0 Å². The van der Waals surface area contributed by atoms with Gasteiger partial charge >= 0.3 is 5.97 Å². The Balaban J connectivity index is 2.24. The second kappa shape index (κ2) is 11.0. The Hall–Kier alpha value is -0.650. The van der Waals surface area contributed by atoms with Crippen LogP contribution in [0.15, 0.2) is 24.3 Å². The topological polar surface area (TPSA) is 55.8 Å². The number of allylic oxidation sites excluding steroid dienone is 1. The van der Waals surface area contributed by atoms with Crippen molar-refractivity contribution in [3.8, 4) is 5.75 Å². The zero-order valence-corrected chi connectivity index (χ0v) is 15.1. The maximum absolute atomic E-state index is 11.8. The normalized spacial score (nSPS) is 12.5. The van der Waals surface area contributed by atoms with Crippen molar-refractivity contribution in [3.05, 3.63) is 39.9 Å². The molecule has 1 aromatic rings. The number of phenolic OH excluding ortho intramolecular Hbond substituents is 1. The van der Waals surface area contributed by atoms with E-state index in [1.54, 1.807) is 12.2 Å². The van der Waals surface area contributed by atoms with Crippen LogP contribution in [0.2, 0.25) is 10.0 Å². The Bertz CT molecular complexity index is 525. The lowest BCUT2D eigenvalue weighted by molar-refractivity contribution is 0.0458. The van der Waals surface area contributed by atoms with Crippen molar-refractivity contribution in [2.75, 3.05) is 25.7 Å². The smallest absolute Gasteiger partial charge is 0.338 e. The number of aromatic hydroxyl groups is 1. The summed E-state index contributed by atoms with van der Waals surface area (Å²) in [5.74, 6) is -0.486. The lowest BCUT2D eigenvalue weighted by Gasteiger charge is -2.07. The quantitative estimate of drug-likeness (QED) is 0.283. The predicted molar refractivity (Wildman–Crippen MR) is 93.3 cm³/mol. The van der Waals surface area contributed by atoms with Crippen LogP contribution < -0.4 is 0 Å². The molecule has 4 nitrogen and oxygen atoms in total. The first kappa shape index (κ1) is 20.4. The predicted octanol–water partition coefficient (Wildman–Crippen LogP) is 4.66. The van der Waals surface area contributed by atoms with Gasteiger partial charge in [-0.2, -0.15) is 0 Å². The van der Waals surface area contributed by atoms with Crippen LogP contribution in [0.3, 0.4) is 0 Å². The first-order chi connectivity index (χ1) is 11.0. The highest BCUT2D eigenvalue weighted by molar-refractivity contribution is 6.37. The molecule has 0 fully saturated rings. The molecule has 0 spiro atoms. The summed E-state index contributed by atoms with van der Waals surface area (Å²) in [5.41, 5.74) is 0.177. The third-order valence-corrected chi connectivity index (χ3v) is 3.99. The summed E-state index contributed by atoms with van der Waals surface area (Å²) in [6, 6.07) is 2.59. The van der Waals surface area contributed by atoms with E-state index in [0.717, 1.165) is 0 Å². The molecule has 128 valence electrons. The summed E-state index contributed by atoms with van der Waals surface area (Å²) in [6.07, 6.45) is 4.08. The second-order valence-corrected chi connectivity index (χ2v) is 6.13. The lowest BCUT2D eigenvalue weighted by Crippen LogP contribution is -2.08. The fraction of sp³-hybridized carbons (Fsp3) is 0.400. The number of carbonyl (C=O) groups is 1. The third-order valence-electron chi connectivity index (χ3n) is 2.63. The van der Waals surface area contributed by atoms with E-state index in [1.165, 1.54) is 12.1 Å². The molecule has 0 radical (unpaired) electrons. The Morgan fingerprint density at radius 3 is 2.52 bits per heavy atom. The van der Waals surface area contributed by atoms with Crippen molar-refractivity contribution in [3.63, 3.8) is 0 Å². The second-order valence-electron chi connectivity index (χ2n) is 4.45. The molecule has 23 heavy (non-hydrogen) atoms. The van der Waals surface area contributed by atoms with Crippen molar-refractivity contribution in [1.82, 2.24) is 0 Å². The number of halogens is 4. The molecule has 0 bridgehead atoms. The van der Waals surface area contributed by atoms with Crippen molar-refractivity contribution >= 4 is 52.4 Å². The van der Waals surface area contributed by atoms with E-state index in [4.69, 9.17) is 55.9 Å². The van der Waals surface area contributed by atoms with Crippen molar-refractivity contribution in [1.29, 1.82) is 0 Å². The van der Waals surface area contributed by atoms with Gasteiger partial charge in [0.15, 0.2) is 5.75 Å². The van der Waals surface area contributed by atoms with Gasteiger partial charge in [0.1, 0.15) is 0 Å². The molecule has 0 aliphatic carbocycles. The summed E-state index contributed by atoms with van der Waals surface area (Å²) in [5, 5.41) is 9.21. The van der Waals surface area contributed by atoms with Gasteiger partial charge in [0.25, 0.3) is 0 Å². The molecule has 0 aliphatic heterocycles. The average Bonchev–Trinajstić information content (AvgIpc) is 2.53. The van der Waals surface area contributed by atoms with Crippen LogP contribution in [0.4, 0.5) is 0 Å². The Kier molecular flexibility index (Phi) is 9.75. The first-order valence-electron chi connectivity index (χ1n) is 6.75. The molecule has 1 unspecified atom stereocenters. The molecule has 0 amide bonds. The summed E-state index contributed by atoms with van der Waals surface area (Å²) in [6.45, 7) is 1.04. The van der Waals surface area contributed by atoms with Gasteiger partial charge in [0, 0.05) is 12.3 Å². The Labute approximate surface area is 154 Å². The molecular formula is C15H16Cl4O4. The molecule has 0 aromatic heterocycles. The highest BCUT2D eigenvalue weighted by Crippen LogP contribution is 2.32. The molecule has 0 saturated heterocycles. The van der Waals surface area contributed by atoms with Gasteiger partial charge in [0.2, 0.25) is 0 Å². The van der Waals surface area contributed by atoms with Crippen LogP contribution in [0.5, 0.6) is 5.75 Å². The van der Waals surface area contributed by atoms with E-state index in [1.807, 2.05) is 0 Å². The number of hydrogen-bond acceptors (Lipinski definition) is 4. The van der Waals surface area contributed by atoms with Crippen molar-refractivity contribution in [2.24, 2.45) is 0 Å². The highest BCUT2D eigenvalue weighted by Gasteiger charge is 2.13. The number of hydrogen-bond donors (Lipinski definition) is 1. The molecule has 1 N–H and O–H groups in total. The standard InChI is InChI=1S/C15H16Cl4O4/c16-9-11(17)3-1-4-22-5-2-6-23-15(21)10-7-12(18)14(20)13(19)8-10/h1,3,7-8,11,20H,2,4-6,9H2/b3-1+. The fourth-order valence-electron chi connectivity index (χ4n) is 1.50. The maximum Gasteiger partial charge on any atom is 0.338 e. The van der Waals surface area contributed by atoms with E-state index in [9.17, 15) is 9.90 Å². The molecule has 8 heteroatoms. The summed E-state index contributed by atoms with van der Waals surface area (Å²) in [7, 11) is 0. The van der Waals surface area contributed by atoms with Gasteiger partial charge < -0.3 is 14.6 Å². The van der Waals surface area contributed by atoms with Crippen LogP contribution in [-0.4, -0.2) is 42.2 Å². The molecular weight excluding hydrogens is 386 g/mol. The molecule has 0 saturated carbocycles. The Morgan fingerprint density at radius 1 is 1.26 bits per heavy atom. The highest BCUT2D eigenvalue weighted by atomic mass is 35.5. The molecule has 0 aliphatic rings. The third kappa shape index (κ3) is 7.64. The number of benzene rings is 1. The number of ether oxygens (including phenoxy) is 2. The van der Waals surface area contributed by atoms with E-state index in [2.05, 4.69) is 0 Å². The van der Waals surface area contributed by atoms with Crippen molar-refractivity contribution < 1.29 is 19.4 Å².